The minimum absolute atomic E-state index is 0.168. The van der Waals surface area contributed by atoms with Gasteiger partial charge in [-0.15, -0.1) is 0 Å². The van der Waals surface area contributed by atoms with Gasteiger partial charge in [-0.1, -0.05) is 60.7 Å². The molecule has 0 saturated carbocycles. The van der Waals surface area contributed by atoms with E-state index in [1.165, 1.54) is 6.26 Å². The Kier molecular flexibility index (Phi) is 3.93. The van der Waals surface area contributed by atoms with Crippen LogP contribution in [0.25, 0.3) is 0 Å². The second kappa shape index (κ2) is 6.02. The lowest BCUT2D eigenvalue weighted by atomic mass is 9.86. The first kappa shape index (κ1) is 13.7. The molecule has 3 heteroatoms. The summed E-state index contributed by atoms with van der Waals surface area (Å²) in [6.07, 6.45) is 2.49. The highest BCUT2D eigenvalue weighted by atomic mass is 16.7. The van der Waals surface area contributed by atoms with Crippen molar-refractivity contribution in [1.29, 1.82) is 0 Å². The van der Waals surface area contributed by atoms with Crippen LogP contribution >= 0.6 is 0 Å². The van der Waals surface area contributed by atoms with Gasteiger partial charge in [0, 0.05) is 12.8 Å². The van der Waals surface area contributed by atoms with Crippen LogP contribution in [0.5, 0.6) is 0 Å². The first-order valence-corrected chi connectivity index (χ1v) is 7.02. The van der Waals surface area contributed by atoms with Crippen molar-refractivity contribution in [2.24, 2.45) is 0 Å². The van der Waals surface area contributed by atoms with Gasteiger partial charge in [-0.3, -0.25) is 0 Å². The van der Waals surface area contributed by atoms with Crippen LogP contribution in [0, 0.1) is 0 Å². The number of hydrogen-bond donors (Lipinski definition) is 1. The molecule has 0 radical (unpaired) electrons. The lowest BCUT2D eigenvalue weighted by Crippen LogP contribution is -2.37. The Morgan fingerprint density at radius 3 is 1.81 bits per heavy atom. The first-order valence-electron chi connectivity index (χ1n) is 7.02. The van der Waals surface area contributed by atoms with Gasteiger partial charge in [0.05, 0.1) is 0 Å². The van der Waals surface area contributed by atoms with Crippen LogP contribution in [0.1, 0.15) is 11.1 Å². The zero-order valence-electron chi connectivity index (χ0n) is 11.7. The Balaban J connectivity index is 1.87. The third kappa shape index (κ3) is 3.26. The van der Waals surface area contributed by atoms with Crippen LogP contribution < -0.4 is 0 Å². The Hall–Kier alpha value is -2.26. The number of aliphatic hydroxyl groups is 1. The molecule has 1 aliphatic heterocycles. The highest BCUT2D eigenvalue weighted by Gasteiger charge is 2.36. The van der Waals surface area contributed by atoms with Gasteiger partial charge in [0.15, 0.2) is 5.76 Å². The van der Waals surface area contributed by atoms with Gasteiger partial charge >= 0.3 is 0 Å². The van der Waals surface area contributed by atoms with Gasteiger partial charge in [0.1, 0.15) is 11.9 Å². The monoisotopic (exact) mass is 282 g/mol. The summed E-state index contributed by atoms with van der Waals surface area (Å²) in [7, 11) is 0. The number of rotatable bonds is 5. The molecular weight excluding hydrogens is 264 g/mol. The van der Waals surface area contributed by atoms with Crippen molar-refractivity contribution in [3.63, 3.8) is 0 Å². The maximum absolute atomic E-state index is 11.1. The molecule has 21 heavy (non-hydrogen) atoms. The molecule has 2 aromatic rings. The molecule has 1 N–H and O–H groups in total. The predicted octanol–water partition coefficient (Wildman–Crippen LogP) is 3.05. The molecule has 0 atom stereocenters. The molecule has 3 nitrogen and oxygen atoms in total. The van der Waals surface area contributed by atoms with Crippen molar-refractivity contribution < 1.29 is 14.6 Å². The maximum Gasteiger partial charge on any atom is 0.230 e. The van der Waals surface area contributed by atoms with E-state index in [2.05, 4.69) is 0 Å². The van der Waals surface area contributed by atoms with E-state index in [9.17, 15) is 5.11 Å². The Morgan fingerprint density at radius 1 is 0.857 bits per heavy atom. The minimum Gasteiger partial charge on any atom is -0.461 e. The van der Waals surface area contributed by atoms with Crippen LogP contribution in [0.15, 0.2) is 72.7 Å². The van der Waals surface area contributed by atoms with Gasteiger partial charge in [-0.05, 0) is 11.1 Å². The summed E-state index contributed by atoms with van der Waals surface area (Å²) in [6.45, 7) is 0.168. The molecule has 108 valence electrons. The Morgan fingerprint density at radius 2 is 1.38 bits per heavy atom. The smallest absolute Gasteiger partial charge is 0.230 e. The standard InChI is InChI=1S/C18H18O3/c19-18(17-13-20-14-21-17,11-15-7-3-1-4-8-15)12-16-9-5-2-6-10-16/h1-10,13,19H,11-12,14H2. The summed E-state index contributed by atoms with van der Waals surface area (Å²) in [5.74, 6) is 0.496. The second-order valence-electron chi connectivity index (χ2n) is 5.27. The van der Waals surface area contributed by atoms with E-state index in [0.717, 1.165) is 11.1 Å². The lowest BCUT2D eigenvalue weighted by Gasteiger charge is -2.28. The van der Waals surface area contributed by atoms with Crippen LogP contribution in [-0.2, 0) is 22.3 Å². The van der Waals surface area contributed by atoms with Crippen molar-refractivity contribution in [2.45, 2.75) is 18.4 Å². The van der Waals surface area contributed by atoms with Crippen molar-refractivity contribution >= 4 is 0 Å². The molecule has 0 aromatic heterocycles. The van der Waals surface area contributed by atoms with Crippen molar-refractivity contribution in [2.75, 3.05) is 6.79 Å². The van der Waals surface area contributed by atoms with Gasteiger partial charge in [-0.25, -0.2) is 0 Å². The molecule has 0 unspecified atom stereocenters. The average Bonchev–Trinajstić information content (AvgIpc) is 3.04. The largest absolute Gasteiger partial charge is 0.461 e. The third-order valence-electron chi connectivity index (χ3n) is 3.61. The Bertz CT molecular complexity index is 563. The minimum atomic E-state index is -1.10. The van der Waals surface area contributed by atoms with Crippen LogP contribution in [0.3, 0.4) is 0 Å². The zero-order valence-corrected chi connectivity index (χ0v) is 11.7. The third-order valence-corrected chi connectivity index (χ3v) is 3.61. The summed E-state index contributed by atoms with van der Waals surface area (Å²) in [5, 5.41) is 11.1. The van der Waals surface area contributed by atoms with E-state index in [-0.39, 0.29) is 6.79 Å². The fraction of sp³-hybridized carbons (Fsp3) is 0.222. The molecule has 0 fully saturated rings. The highest BCUT2D eigenvalue weighted by Crippen LogP contribution is 2.30. The average molecular weight is 282 g/mol. The molecule has 0 spiro atoms. The molecule has 0 amide bonds. The van der Waals surface area contributed by atoms with Crippen molar-refractivity contribution in [3.05, 3.63) is 83.8 Å². The quantitative estimate of drug-likeness (QED) is 0.916. The summed E-state index contributed by atoms with van der Waals surface area (Å²) in [6, 6.07) is 19.8. The van der Waals surface area contributed by atoms with E-state index < -0.39 is 5.60 Å². The van der Waals surface area contributed by atoms with Gasteiger partial charge in [-0.2, -0.15) is 0 Å². The van der Waals surface area contributed by atoms with Crippen LogP contribution in [0.2, 0.25) is 0 Å². The number of hydrogen-bond acceptors (Lipinski definition) is 3. The van der Waals surface area contributed by atoms with Crippen LogP contribution in [-0.4, -0.2) is 17.5 Å². The maximum atomic E-state index is 11.1. The van der Waals surface area contributed by atoms with E-state index in [4.69, 9.17) is 9.47 Å². The van der Waals surface area contributed by atoms with E-state index >= 15 is 0 Å². The Labute approximate surface area is 124 Å². The zero-order chi connectivity index (χ0) is 14.5. The van der Waals surface area contributed by atoms with Gasteiger partial charge in [0.2, 0.25) is 6.79 Å². The molecular formula is C18H18O3. The fourth-order valence-electron chi connectivity index (χ4n) is 2.59. The molecule has 2 aromatic carbocycles. The summed E-state index contributed by atoms with van der Waals surface area (Å²) < 4.78 is 10.6. The number of benzene rings is 2. The summed E-state index contributed by atoms with van der Waals surface area (Å²) >= 11 is 0. The van der Waals surface area contributed by atoms with Gasteiger partial charge < -0.3 is 14.6 Å². The van der Waals surface area contributed by atoms with Crippen molar-refractivity contribution in [1.82, 2.24) is 0 Å². The highest BCUT2D eigenvalue weighted by molar-refractivity contribution is 5.27. The first-order chi connectivity index (χ1) is 10.3. The van der Waals surface area contributed by atoms with Gasteiger partial charge in [0.25, 0.3) is 0 Å². The van der Waals surface area contributed by atoms with E-state index in [1.54, 1.807) is 0 Å². The summed E-state index contributed by atoms with van der Waals surface area (Å²) in [4.78, 5) is 0. The lowest BCUT2D eigenvalue weighted by molar-refractivity contribution is -0.00308. The van der Waals surface area contributed by atoms with Crippen LogP contribution in [0.4, 0.5) is 0 Å². The number of ether oxygens (including phenoxy) is 2. The summed E-state index contributed by atoms with van der Waals surface area (Å²) in [5.41, 5.74) is 1.03. The SMILES string of the molecule is OC(Cc1ccccc1)(Cc1ccccc1)C1=COCO1. The molecule has 0 saturated heterocycles. The molecule has 1 heterocycles. The van der Waals surface area contributed by atoms with E-state index in [1.807, 2.05) is 60.7 Å². The molecule has 0 bridgehead atoms. The second-order valence-corrected chi connectivity index (χ2v) is 5.27. The topological polar surface area (TPSA) is 38.7 Å². The van der Waals surface area contributed by atoms with Crippen molar-refractivity contribution in [3.8, 4) is 0 Å². The fourth-order valence-corrected chi connectivity index (χ4v) is 2.59. The molecule has 1 aliphatic rings. The normalized spacial score (nSPS) is 14.2. The molecule has 3 rings (SSSR count). The molecule has 0 aliphatic carbocycles. The predicted molar refractivity (Wildman–Crippen MR) is 80.4 cm³/mol. The van der Waals surface area contributed by atoms with E-state index in [0.29, 0.717) is 18.6 Å².